The van der Waals surface area contributed by atoms with E-state index in [1.807, 2.05) is 11.6 Å². The van der Waals surface area contributed by atoms with Crippen LogP contribution in [0.3, 0.4) is 0 Å². The summed E-state index contributed by atoms with van der Waals surface area (Å²) in [6.45, 7) is 7.96. The zero-order valence-corrected chi connectivity index (χ0v) is 13.1. The van der Waals surface area contributed by atoms with Gasteiger partial charge in [-0.1, -0.05) is 18.5 Å². The molecule has 2 aromatic heterocycles. The molecule has 0 spiro atoms. The predicted molar refractivity (Wildman–Crippen MR) is 79.9 cm³/mol. The van der Waals surface area contributed by atoms with E-state index in [9.17, 15) is 0 Å². The highest BCUT2D eigenvalue weighted by Crippen LogP contribution is 2.33. The maximum Gasteiger partial charge on any atom is 0.138 e. The summed E-state index contributed by atoms with van der Waals surface area (Å²) < 4.78 is 1.93. The Morgan fingerprint density at radius 3 is 2.84 bits per heavy atom. The highest BCUT2D eigenvalue weighted by Gasteiger charge is 2.20. The second-order valence-corrected chi connectivity index (χ2v) is 5.69. The maximum atomic E-state index is 6.38. The van der Waals surface area contributed by atoms with E-state index >= 15 is 0 Å². The quantitative estimate of drug-likeness (QED) is 0.890. The summed E-state index contributed by atoms with van der Waals surface area (Å²) in [4.78, 5) is 5.53. The molecule has 1 atom stereocenters. The van der Waals surface area contributed by atoms with Gasteiger partial charge in [-0.2, -0.15) is 5.10 Å². The van der Waals surface area contributed by atoms with Crippen molar-refractivity contribution in [1.82, 2.24) is 20.1 Å². The van der Waals surface area contributed by atoms with Crippen molar-refractivity contribution in [1.29, 1.82) is 0 Å². The van der Waals surface area contributed by atoms with Gasteiger partial charge in [0.25, 0.3) is 0 Å². The van der Waals surface area contributed by atoms with Gasteiger partial charge in [-0.15, -0.1) is 11.3 Å². The number of thiophene rings is 1. The van der Waals surface area contributed by atoms with Gasteiger partial charge in [0.2, 0.25) is 0 Å². The lowest BCUT2D eigenvalue weighted by Crippen LogP contribution is -2.24. The monoisotopic (exact) mass is 298 g/mol. The van der Waals surface area contributed by atoms with Crippen molar-refractivity contribution in [2.75, 3.05) is 6.54 Å². The van der Waals surface area contributed by atoms with E-state index in [1.54, 1.807) is 17.7 Å². The molecular weight excluding hydrogens is 280 g/mol. The molecule has 0 saturated heterocycles. The Kier molecular flexibility index (Phi) is 4.96. The molecule has 2 aromatic rings. The molecule has 0 aliphatic rings. The Morgan fingerprint density at radius 2 is 2.26 bits per heavy atom. The minimum Gasteiger partial charge on any atom is -0.309 e. The van der Waals surface area contributed by atoms with Crippen LogP contribution in [0.15, 0.2) is 11.7 Å². The SMILES string of the molecule is CCNC(Cc1ncnn1CC)c1scc(C)c1Cl. The molecule has 19 heavy (non-hydrogen) atoms. The second kappa shape index (κ2) is 6.50. The van der Waals surface area contributed by atoms with Crippen molar-refractivity contribution < 1.29 is 0 Å². The van der Waals surface area contributed by atoms with Crippen LogP contribution >= 0.6 is 22.9 Å². The van der Waals surface area contributed by atoms with E-state index in [0.717, 1.165) is 35.9 Å². The van der Waals surface area contributed by atoms with Gasteiger partial charge in [-0.3, -0.25) is 4.68 Å². The molecule has 1 unspecified atom stereocenters. The average Bonchev–Trinajstić information content (AvgIpc) is 2.97. The van der Waals surface area contributed by atoms with E-state index in [0.29, 0.717) is 0 Å². The van der Waals surface area contributed by atoms with Crippen molar-refractivity contribution in [3.63, 3.8) is 0 Å². The second-order valence-electron chi connectivity index (χ2n) is 4.40. The predicted octanol–water partition coefficient (Wildman–Crippen LogP) is 3.21. The van der Waals surface area contributed by atoms with E-state index in [4.69, 9.17) is 11.6 Å². The number of hydrogen-bond acceptors (Lipinski definition) is 4. The van der Waals surface area contributed by atoms with Crippen LogP contribution < -0.4 is 5.32 Å². The molecule has 2 rings (SSSR count). The Hall–Kier alpha value is -0.910. The molecule has 0 amide bonds. The molecule has 0 aromatic carbocycles. The topological polar surface area (TPSA) is 42.7 Å². The first-order chi connectivity index (χ1) is 9.17. The third-order valence-corrected chi connectivity index (χ3v) is 4.90. The summed E-state index contributed by atoms with van der Waals surface area (Å²) in [6, 6.07) is 0.200. The van der Waals surface area contributed by atoms with Crippen LogP contribution in [-0.2, 0) is 13.0 Å². The fraction of sp³-hybridized carbons (Fsp3) is 0.538. The van der Waals surface area contributed by atoms with Crippen molar-refractivity contribution in [2.45, 2.75) is 39.8 Å². The highest BCUT2D eigenvalue weighted by molar-refractivity contribution is 7.10. The normalized spacial score (nSPS) is 12.8. The van der Waals surface area contributed by atoms with Gasteiger partial charge < -0.3 is 5.32 Å². The first kappa shape index (κ1) is 14.5. The van der Waals surface area contributed by atoms with Crippen molar-refractivity contribution >= 4 is 22.9 Å². The van der Waals surface area contributed by atoms with Crippen LogP contribution in [0.2, 0.25) is 5.02 Å². The van der Waals surface area contributed by atoms with Crippen LogP contribution in [0.1, 0.15) is 36.2 Å². The Morgan fingerprint density at radius 1 is 1.47 bits per heavy atom. The number of likely N-dealkylation sites (N-methyl/N-ethyl adjacent to an activating group) is 1. The first-order valence-electron chi connectivity index (χ1n) is 6.50. The van der Waals surface area contributed by atoms with Gasteiger partial charge in [-0.25, -0.2) is 4.98 Å². The lowest BCUT2D eigenvalue weighted by Gasteiger charge is -2.17. The van der Waals surface area contributed by atoms with Crippen LogP contribution in [0, 0.1) is 6.92 Å². The number of rotatable bonds is 6. The van der Waals surface area contributed by atoms with Crippen LogP contribution in [-0.4, -0.2) is 21.3 Å². The van der Waals surface area contributed by atoms with Gasteiger partial charge >= 0.3 is 0 Å². The fourth-order valence-corrected chi connectivity index (χ4v) is 3.48. The van der Waals surface area contributed by atoms with Crippen molar-refractivity contribution in [2.24, 2.45) is 0 Å². The number of halogens is 1. The molecule has 4 nitrogen and oxygen atoms in total. The van der Waals surface area contributed by atoms with E-state index in [-0.39, 0.29) is 6.04 Å². The molecule has 104 valence electrons. The summed E-state index contributed by atoms with van der Waals surface area (Å²) in [5.41, 5.74) is 1.14. The Bertz CT molecular complexity index is 534. The molecule has 0 bridgehead atoms. The van der Waals surface area contributed by atoms with Crippen molar-refractivity contribution in [3.05, 3.63) is 33.0 Å². The molecule has 2 heterocycles. The lowest BCUT2D eigenvalue weighted by molar-refractivity contribution is 0.515. The van der Waals surface area contributed by atoms with Gasteiger partial charge in [0.15, 0.2) is 0 Å². The molecule has 0 aliphatic carbocycles. The van der Waals surface area contributed by atoms with Gasteiger partial charge in [-0.05, 0) is 31.3 Å². The van der Waals surface area contributed by atoms with E-state index in [1.165, 1.54) is 4.88 Å². The fourth-order valence-electron chi connectivity index (χ4n) is 2.08. The van der Waals surface area contributed by atoms with Crippen LogP contribution in [0.5, 0.6) is 0 Å². The molecule has 0 radical (unpaired) electrons. The summed E-state index contributed by atoms with van der Waals surface area (Å²) in [7, 11) is 0. The van der Waals surface area contributed by atoms with Gasteiger partial charge in [0.05, 0.1) is 11.1 Å². The molecule has 6 heteroatoms. The zero-order valence-electron chi connectivity index (χ0n) is 11.5. The maximum absolute atomic E-state index is 6.38. The van der Waals surface area contributed by atoms with Crippen LogP contribution in [0.25, 0.3) is 0 Å². The third kappa shape index (κ3) is 3.16. The molecule has 0 saturated carbocycles. The number of aryl methyl sites for hydroxylation is 2. The molecule has 1 N–H and O–H groups in total. The van der Waals surface area contributed by atoms with Gasteiger partial charge in [0, 0.05) is 17.8 Å². The summed E-state index contributed by atoms with van der Waals surface area (Å²) in [5, 5.41) is 10.7. The lowest BCUT2D eigenvalue weighted by atomic mass is 10.1. The van der Waals surface area contributed by atoms with E-state index in [2.05, 4.69) is 34.6 Å². The zero-order chi connectivity index (χ0) is 13.8. The average molecular weight is 299 g/mol. The first-order valence-corrected chi connectivity index (χ1v) is 7.76. The van der Waals surface area contributed by atoms with E-state index < -0.39 is 0 Å². The minimum atomic E-state index is 0.200. The third-order valence-electron chi connectivity index (χ3n) is 3.07. The standard InChI is InChI=1S/C13H19ClN4S/c1-4-15-10(13-12(14)9(3)7-19-13)6-11-16-8-17-18(11)5-2/h7-8,10,15H,4-6H2,1-3H3. The number of hydrogen-bond donors (Lipinski definition) is 1. The number of nitrogens with one attached hydrogen (secondary N) is 1. The number of nitrogens with zero attached hydrogens (tertiary/aromatic N) is 3. The molecule has 0 fully saturated rings. The molecular formula is C13H19ClN4S. The Balaban J connectivity index is 2.23. The largest absolute Gasteiger partial charge is 0.309 e. The Labute approximate surface area is 122 Å². The highest BCUT2D eigenvalue weighted by atomic mass is 35.5. The summed E-state index contributed by atoms with van der Waals surface area (Å²) >= 11 is 8.09. The van der Waals surface area contributed by atoms with Crippen LogP contribution in [0.4, 0.5) is 0 Å². The smallest absolute Gasteiger partial charge is 0.138 e. The summed E-state index contributed by atoms with van der Waals surface area (Å²) in [5.74, 6) is 0.996. The summed E-state index contributed by atoms with van der Waals surface area (Å²) in [6.07, 6.45) is 2.42. The minimum absolute atomic E-state index is 0.200. The molecule has 0 aliphatic heterocycles. The van der Waals surface area contributed by atoms with Gasteiger partial charge in [0.1, 0.15) is 12.2 Å². The van der Waals surface area contributed by atoms with Crippen molar-refractivity contribution in [3.8, 4) is 0 Å². The number of aromatic nitrogens is 3.